The Morgan fingerprint density at radius 3 is 0.798 bits per heavy atom. The van der Waals surface area contributed by atoms with E-state index < -0.39 is 0 Å². The fourth-order valence-corrected chi connectivity index (χ4v) is 17.0. The minimum absolute atomic E-state index is 0.122. The Balaban J connectivity index is 0.649. The molecule has 0 heterocycles. The van der Waals surface area contributed by atoms with Crippen molar-refractivity contribution < 1.29 is 0 Å². The lowest BCUT2D eigenvalue weighted by Crippen LogP contribution is -2.16. The van der Waals surface area contributed by atoms with Crippen LogP contribution < -0.4 is 9.80 Å². The first-order valence-electron chi connectivity index (χ1n) is 33.4. The summed E-state index contributed by atoms with van der Waals surface area (Å²) in [7, 11) is 0. The van der Waals surface area contributed by atoms with E-state index >= 15 is 0 Å². The molecule has 0 fully saturated rings. The molecule has 450 valence electrons. The summed E-state index contributed by atoms with van der Waals surface area (Å²) in [6, 6.07) is 110. The van der Waals surface area contributed by atoms with Gasteiger partial charge in [-0.3, -0.25) is 0 Å². The summed E-state index contributed by atoms with van der Waals surface area (Å²) in [4.78, 5) is 4.91. The van der Waals surface area contributed by atoms with Gasteiger partial charge in [0.05, 0.1) is 0 Å². The number of hydrogen-bond donors (Lipinski definition) is 0. The lowest BCUT2D eigenvalue weighted by molar-refractivity contribution is 0.660. The molecule has 94 heavy (non-hydrogen) atoms. The molecule has 0 N–H and O–H groups in total. The number of anilines is 6. The zero-order valence-electron chi connectivity index (χ0n) is 54.6. The minimum atomic E-state index is -0.225. The number of nitrogens with zero attached hydrogens (tertiary/aromatic N) is 2. The van der Waals surface area contributed by atoms with Crippen LogP contribution in [0.5, 0.6) is 0 Å². The van der Waals surface area contributed by atoms with Gasteiger partial charge in [-0.2, -0.15) is 0 Å². The van der Waals surface area contributed by atoms with Gasteiger partial charge in [0.1, 0.15) is 0 Å². The van der Waals surface area contributed by atoms with Gasteiger partial charge in [0.2, 0.25) is 0 Å². The first-order chi connectivity index (χ1) is 45.6. The van der Waals surface area contributed by atoms with Gasteiger partial charge in [-0.25, -0.2) is 0 Å². The Bertz CT molecular complexity index is 5190. The van der Waals surface area contributed by atoms with E-state index in [2.05, 4.69) is 356 Å². The minimum Gasteiger partial charge on any atom is -0.310 e. The Labute approximate surface area is 552 Å². The third-order valence-corrected chi connectivity index (χ3v) is 22.2. The smallest absolute Gasteiger partial charge is 0.0468 e. The number of rotatable bonds is 9. The van der Waals surface area contributed by atoms with Crippen LogP contribution in [0.2, 0.25) is 0 Å². The standard InChI is InChI=1S/C92H72N2/c1-89(2)81-29-15-13-27-73(81)79-45-39-71(55-87(79)89)93(69-37-31-57-19-9-11-21-59(57)47-69)67-25-17-23-61(49-67)63-33-41-75-77-43-35-65(53-85(77)91(5,6)83(75)51-63)66-36-44-78-76-42-34-64(52-84(76)92(7,8)86(78)54-66)62-24-18-26-68(50-62)94(70-38-32-58-20-10-12-22-60(58)48-70)72-40-46-80-74-28-14-16-30-82(74)90(3,4)88(80)56-72/h9-56H,1-8H3. The second-order valence-electron chi connectivity index (χ2n) is 28.9. The predicted molar refractivity (Wildman–Crippen MR) is 397 cm³/mol. The van der Waals surface area contributed by atoms with Crippen molar-refractivity contribution in [1.29, 1.82) is 0 Å². The average molecular weight is 1210 g/mol. The van der Waals surface area contributed by atoms with Gasteiger partial charge < -0.3 is 9.80 Å². The SMILES string of the molecule is CC1(C)c2cc(-c3cccc(N(c4ccc5c(c4)C(C)(C)c4ccccc4-5)c4ccc5ccccc5c4)c3)ccc2-c2ccc(-c3ccc4c(c3)C(C)(C)c3cc(-c5cccc(N(c6ccc7c(c6)C(C)(C)c6ccccc6-7)c6ccc7ccccc7c6)c5)ccc3-4)cc21. The normalized spacial score (nSPS) is 14.9. The largest absolute Gasteiger partial charge is 0.310 e. The summed E-state index contributed by atoms with van der Waals surface area (Å²) in [5, 5.41) is 4.92. The van der Waals surface area contributed by atoms with Crippen molar-refractivity contribution in [2.24, 2.45) is 0 Å². The van der Waals surface area contributed by atoms with Gasteiger partial charge in [0.25, 0.3) is 0 Å². The summed E-state index contributed by atoms with van der Waals surface area (Å²) in [5.74, 6) is 0. The second kappa shape index (κ2) is 20.3. The molecule has 14 aromatic rings. The van der Waals surface area contributed by atoms with Crippen molar-refractivity contribution in [2.75, 3.05) is 9.80 Å². The van der Waals surface area contributed by atoms with Gasteiger partial charge >= 0.3 is 0 Å². The van der Waals surface area contributed by atoms with Crippen LogP contribution in [-0.2, 0) is 21.7 Å². The molecule has 0 amide bonds. The van der Waals surface area contributed by atoms with Crippen LogP contribution in [0.4, 0.5) is 34.1 Å². The molecule has 4 aliphatic rings. The fraction of sp³-hybridized carbons (Fsp3) is 0.130. The van der Waals surface area contributed by atoms with Gasteiger partial charge in [-0.15, -0.1) is 0 Å². The van der Waals surface area contributed by atoms with Crippen molar-refractivity contribution in [2.45, 2.75) is 77.0 Å². The lowest BCUT2D eigenvalue weighted by atomic mass is 9.79. The topological polar surface area (TPSA) is 6.48 Å². The van der Waals surface area contributed by atoms with Gasteiger partial charge in [0, 0.05) is 55.8 Å². The molecule has 4 aliphatic carbocycles. The zero-order valence-corrected chi connectivity index (χ0v) is 54.6. The summed E-state index contributed by atoms with van der Waals surface area (Å²) in [6.45, 7) is 19.1. The van der Waals surface area contributed by atoms with Crippen LogP contribution in [0.3, 0.4) is 0 Å². The van der Waals surface area contributed by atoms with Crippen molar-refractivity contribution in [3.63, 3.8) is 0 Å². The molecule has 2 heteroatoms. The summed E-state index contributed by atoms with van der Waals surface area (Å²) >= 11 is 0. The highest BCUT2D eigenvalue weighted by Crippen LogP contribution is 2.56. The predicted octanol–water partition coefficient (Wildman–Crippen LogP) is 25.2. The third-order valence-electron chi connectivity index (χ3n) is 22.2. The zero-order chi connectivity index (χ0) is 63.6. The molecule has 14 aromatic carbocycles. The highest BCUT2D eigenvalue weighted by molar-refractivity contribution is 5.96. The van der Waals surface area contributed by atoms with Crippen LogP contribution >= 0.6 is 0 Å². The van der Waals surface area contributed by atoms with E-state index in [1.807, 2.05) is 0 Å². The first-order valence-corrected chi connectivity index (χ1v) is 33.4. The summed E-state index contributed by atoms with van der Waals surface area (Å²) in [5.41, 5.74) is 35.0. The molecule has 0 saturated heterocycles. The highest BCUT2D eigenvalue weighted by Gasteiger charge is 2.40. The van der Waals surface area contributed by atoms with Crippen LogP contribution in [0.1, 0.15) is 99.9 Å². The van der Waals surface area contributed by atoms with Crippen molar-refractivity contribution in [3.05, 3.63) is 336 Å². The maximum absolute atomic E-state index is 2.49. The molecule has 0 radical (unpaired) electrons. The Morgan fingerprint density at radius 2 is 0.426 bits per heavy atom. The highest BCUT2D eigenvalue weighted by atomic mass is 15.1. The molecule has 0 unspecified atom stereocenters. The fourth-order valence-electron chi connectivity index (χ4n) is 17.0. The van der Waals surface area contributed by atoms with E-state index in [1.54, 1.807) is 0 Å². The molecule has 0 spiro atoms. The van der Waals surface area contributed by atoms with Gasteiger partial charge in [-0.05, 0) is 241 Å². The van der Waals surface area contributed by atoms with E-state index in [9.17, 15) is 0 Å². The molecule has 0 aliphatic heterocycles. The average Bonchev–Trinajstić information content (AvgIpc) is 1.58. The van der Waals surface area contributed by atoms with Crippen molar-refractivity contribution >= 4 is 55.7 Å². The van der Waals surface area contributed by atoms with Crippen LogP contribution in [0.25, 0.3) is 99.4 Å². The lowest BCUT2D eigenvalue weighted by Gasteiger charge is -2.29. The molecular weight excluding hydrogens is 1130 g/mol. The van der Waals surface area contributed by atoms with Crippen molar-refractivity contribution in [3.8, 4) is 77.9 Å². The molecule has 0 aromatic heterocycles. The van der Waals surface area contributed by atoms with Crippen LogP contribution in [0, 0.1) is 0 Å². The number of hydrogen-bond acceptors (Lipinski definition) is 2. The van der Waals surface area contributed by atoms with E-state index in [4.69, 9.17) is 0 Å². The molecule has 0 saturated carbocycles. The molecule has 2 nitrogen and oxygen atoms in total. The van der Waals surface area contributed by atoms with Crippen LogP contribution in [0.15, 0.2) is 291 Å². The Hall–Kier alpha value is -10.8. The van der Waals surface area contributed by atoms with Gasteiger partial charge in [-0.1, -0.05) is 250 Å². The molecule has 18 rings (SSSR count). The second-order valence-corrected chi connectivity index (χ2v) is 28.9. The van der Waals surface area contributed by atoms with E-state index in [-0.39, 0.29) is 21.7 Å². The van der Waals surface area contributed by atoms with Crippen molar-refractivity contribution in [1.82, 2.24) is 0 Å². The molecular formula is C92H72N2. The molecule has 0 atom stereocenters. The monoisotopic (exact) mass is 1200 g/mol. The maximum atomic E-state index is 2.49. The summed E-state index contributed by atoms with van der Waals surface area (Å²) < 4.78 is 0. The molecule has 0 bridgehead atoms. The van der Waals surface area contributed by atoms with E-state index in [0.29, 0.717) is 0 Å². The number of fused-ring (bicyclic) bond motifs is 14. The van der Waals surface area contributed by atoms with Gasteiger partial charge in [0.15, 0.2) is 0 Å². The maximum Gasteiger partial charge on any atom is 0.0468 e. The van der Waals surface area contributed by atoms with E-state index in [0.717, 1.165) is 34.1 Å². The Morgan fingerprint density at radius 1 is 0.170 bits per heavy atom. The number of benzene rings is 14. The quantitative estimate of drug-likeness (QED) is 0.142. The third kappa shape index (κ3) is 8.41. The Kier molecular flexibility index (Phi) is 12.1. The summed E-state index contributed by atoms with van der Waals surface area (Å²) in [6.07, 6.45) is 0. The van der Waals surface area contributed by atoms with Crippen LogP contribution in [-0.4, -0.2) is 0 Å². The first kappa shape index (κ1) is 56.0. The van der Waals surface area contributed by atoms with E-state index in [1.165, 1.54) is 144 Å².